The van der Waals surface area contributed by atoms with Crippen LogP contribution in [0.2, 0.25) is 0 Å². The van der Waals surface area contributed by atoms with Crippen LogP contribution in [0, 0.1) is 5.92 Å². The van der Waals surface area contributed by atoms with Crippen LogP contribution in [-0.4, -0.2) is 45.9 Å². The van der Waals surface area contributed by atoms with Crippen molar-refractivity contribution in [2.75, 3.05) is 27.3 Å². The van der Waals surface area contributed by atoms with E-state index in [2.05, 4.69) is 5.32 Å². The molecule has 0 saturated heterocycles. The first-order valence-corrected chi connectivity index (χ1v) is 10.9. The fourth-order valence-electron chi connectivity index (χ4n) is 3.10. The zero-order valence-electron chi connectivity index (χ0n) is 17.0. The van der Waals surface area contributed by atoms with Gasteiger partial charge in [0.15, 0.2) is 11.5 Å². The van der Waals surface area contributed by atoms with Gasteiger partial charge < -0.3 is 14.8 Å². The van der Waals surface area contributed by atoms with Crippen LogP contribution in [-0.2, 0) is 10.0 Å². The molecule has 1 unspecified atom stereocenters. The summed E-state index contributed by atoms with van der Waals surface area (Å²) in [7, 11) is -0.594. The van der Waals surface area contributed by atoms with Gasteiger partial charge in [-0.15, -0.1) is 0 Å². The SMILES string of the molecule is CC(C)C(NC(=O)c1ccc(S(=O)(=O)N(C)C)cc1)c1ccc2c(c1)OCCO2. The fraction of sp³-hybridized carbons (Fsp3) is 0.381. The highest BCUT2D eigenvalue weighted by Gasteiger charge is 2.23. The Kier molecular flexibility index (Phi) is 6.14. The molecule has 0 radical (unpaired) electrons. The van der Waals surface area contributed by atoms with Gasteiger partial charge in [0.2, 0.25) is 10.0 Å². The lowest BCUT2D eigenvalue weighted by molar-refractivity contribution is 0.0925. The summed E-state index contributed by atoms with van der Waals surface area (Å²) >= 11 is 0. The monoisotopic (exact) mass is 418 g/mol. The topological polar surface area (TPSA) is 84.9 Å². The predicted molar refractivity (Wildman–Crippen MR) is 110 cm³/mol. The van der Waals surface area contributed by atoms with Gasteiger partial charge in [-0.3, -0.25) is 4.79 Å². The molecule has 7 nitrogen and oxygen atoms in total. The highest BCUT2D eigenvalue weighted by Crippen LogP contribution is 2.34. The van der Waals surface area contributed by atoms with Crippen molar-refractivity contribution in [3.63, 3.8) is 0 Å². The van der Waals surface area contributed by atoms with Gasteiger partial charge in [-0.25, -0.2) is 12.7 Å². The van der Waals surface area contributed by atoms with Gasteiger partial charge in [-0.05, 0) is 47.9 Å². The molecule has 0 aromatic heterocycles. The van der Waals surface area contributed by atoms with E-state index < -0.39 is 10.0 Å². The number of benzene rings is 2. The Labute approximate surface area is 171 Å². The van der Waals surface area contributed by atoms with E-state index in [-0.39, 0.29) is 22.8 Å². The number of ether oxygens (including phenoxy) is 2. The van der Waals surface area contributed by atoms with Crippen LogP contribution in [0.4, 0.5) is 0 Å². The lowest BCUT2D eigenvalue weighted by Crippen LogP contribution is -2.32. The summed E-state index contributed by atoms with van der Waals surface area (Å²) in [6.45, 7) is 5.07. The Morgan fingerprint density at radius 2 is 1.62 bits per heavy atom. The van der Waals surface area contributed by atoms with Crippen molar-refractivity contribution in [3.05, 3.63) is 53.6 Å². The van der Waals surface area contributed by atoms with Crippen LogP contribution in [0.3, 0.4) is 0 Å². The van der Waals surface area contributed by atoms with Crippen LogP contribution >= 0.6 is 0 Å². The minimum atomic E-state index is -3.53. The Balaban J connectivity index is 1.80. The maximum atomic E-state index is 12.8. The van der Waals surface area contributed by atoms with Crippen molar-refractivity contribution in [2.24, 2.45) is 5.92 Å². The van der Waals surface area contributed by atoms with Crippen molar-refractivity contribution in [1.29, 1.82) is 0 Å². The average Bonchev–Trinajstić information content (AvgIpc) is 2.71. The number of nitrogens with zero attached hydrogens (tertiary/aromatic N) is 1. The third-order valence-corrected chi connectivity index (χ3v) is 6.60. The predicted octanol–water partition coefficient (Wildman–Crippen LogP) is 2.84. The molecule has 156 valence electrons. The molecule has 0 fully saturated rings. The molecule has 1 aliphatic rings. The number of rotatable bonds is 6. The highest BCUT2D eigenvalue weighted by atomic mass is 32.2. The summed E-state index contributed by atoms with van der Waals surface area (Å²) in [6, 6.07) is 11.4. The quantitative estimate of drug-likeness (QED) is 0.780. The smallest absolute Gasteiger partial charge is 0.251 e. The molecule has 29 heavy (non-hydrogen) atoms. The minimum absolute atomic E-state index is 0.134. The van der Waals surface area contributed by atoms with Crippen LogP contribution < -0.4 is 14.8 Å². The molecular formula is C21H26N2O5S. The van der Waals surface area contributed by atoms with E-state index in [1.165, 1.54) is 38.4 Å². The summed E-state index contributed by atoms with van der Waals surface area (Å²) in [5, 5.41) is 3.04. The molecule has 1 aliphatic heterocycles. The standard InChI is InChI=1S/C21H26N2O5S/c1-14(2)20(16-7-10-18-19(13-16)28-12-11-27-18)22-21(24)15-5-8-17(9-6-15)29(25,26)23(3)4/h5-10,13-14,20H,11-12H2,1-4H3,(H,22,24). The van der Waals surface area contributed by atoms with Crippen LogP contribution in [0.25, 0.3) is 0 Å². The largest absolute Gasteiger partial charge is 0.486 e. The van der Waals surface area contributed by atoms with Crippen molar-refractivity contribution < 1.29 is 22.7 Å². The average molecular weight is 419 g/mol. The zero-order valence-corrected chi connectivity index (χ0v) is 17.8. The third kappa shape index (κ3) is 4.54. The number of carbonyl (C=O) groups excluding carboxylic acids is 1. The molecule has 0 saturated carbocycles. The number of hydrogen-bond acceptors (Lipinski definition) is 5. The Hall–Kier alpha value is -2.58. The van der Waals surface area contributed by atoms with E-state index in [1.807, 2.05) is 32.0 Å². The van der Waals surface area contributed by atoms with Gasteiger partial charge in [-0.1, -0.05) is 19.9 Å². The zero-order chi connectivity index (χ0) is 21.2. The van der Waals surface area contributed by atoms with Gasteiger partial charge in [0.05, 0.1) is 10.9 Å². The minimum Gasteiger partial charge on any atom is -0.486 e. The second-order valence-electron chi connectivity index (χ2n) is 7.41. The molecule has 1 heterocycles. The molecule has 3 rings (SSSR count). The number of carbonyl (C=O) groups is 1. The molecule has 1 atom stereocenters. The van der Waals surface area contributed by atoms with Gasteiger partial charge in [0.1, 0.15) is 13.2 Å². The summed E-state index contributed by atoms with van der Waals surface area (Å²) < 4.78 is 36.7. The van der Waals surface area contributed by atoms with E-state index in [4.69, 9.17) is 9.47 Å². The van der Waals surface area contributed by atoms with Crippen LogP contribution in [0.1, 0.15) is 35.8 Å². The van der Waals surface area contributed by atoms with E-state index in [0.29, 0.717) is 30.3 Å². The van der Waals surface area contributed by atoms with E-state index in [0.717, 1.165) is 9.87 Å². The van der Waals surface area contributed by atoms with Crippen LogP contribution in [0.15, 0.2) is 47.4 Å². The molecule has 1 amide bonds. The summed E-state index contributed by atoms with van der Waals surface area (Å²) in [5.41, 5.74) is 1.32. The lowest BCUT2D eigenvalue weighted by Gasteiger charge is -2.25. The van der Waals surface area contributed by atoms with Crippen molar-refractivity contribution in [3.8, 4) is 11.5 Å². The van der Waals surface area contributed by atoms with Gasteiger partial charge in [-0.2, -0.15) is 0 Å². The molecule has 1 N–H and O–H groups in total. The summed E-state index contributed by atoms with van der Waals surface area (Å²) in [4.78, 5) is 12.9. The number of sulfonamides is 1. The van der Waals surface area contributed by atoms with Crippen molar-refractivity contribution in [1.82, 2.24) is 9.62 Å². The molecular weight excluding hydrogens is 392 g/mol. The maximum absolute atomic E-state index is 12.8. The Morgan fingerprint density at radius 3 is 2.21 bits per heavy atom. The van der Waals surface area contributed by atoms with E-state index >= 15 is 0 Å². The van der Waals surface area contributed by atoms with E-state index in [1.54, 1.807) is 0 Å². The molecule has 2 aromatic carbocycles. The number of amides is 1. The third-order valence-electron chi connectivity index (χ3n) is 4.77. The Bertz CT molecular complexity index is 985. The summed E-state index contributed by atoms with van der Waals surface area (Å²) in [6.07, 6.45) is 0. The molecule has 0 bridgehead atoms. The molecule has 0 spiro atoms. The first-order valence-electron chi connectivity index (χ1n) is 9.43. The number of hydrogen-bond donors (Lipinski definition) is 1. The first kappa shape index (κ1) is 21.1. The fourth-order valence-corrected chi connectivity index (χ4v) is 4.00. The molecule has 2 aromatic rings. The second kappa shape index (κ2) is 8.42. The van der Waals surface area contributed by atoms with Gasteiger partial charge in [0.25, 0.3) is 5.91 Å². The van der Waals surface area contributed by atoms with E-state index in [9.17, 15) is 13.2 Å². The van der Waals surface area contributed by atoms with Crippen LogP contribution in [0.5, 0.6) is 11.5 Å². The lowest BCUT2D eigenvalue weighted by atomic mass is 9.95. The Morgan fingerprint density at radius 1 is 1.00 bits per heavy atom. The van der Waals surface area contributed by atoms with Gasteiger partial charge in [0, 0.05) is 19.7 Å². The molecule has 0 aliphatic carbocycles. The number of fused-ring (bicyclic) bond motifs is 1. The van der Waals surface area contributed by atoms with Crippen molar-refractivity contribution in [2.45, 2.75) is 24.8 Å². The summed E-state index contributed by atoms with van der Waals surface area (Å²) in [5.74, 6) is 1.24. The van der Waals surface area contributed by atoms with Crippen molar-refractivity contribution >= 4 is 15.9 Å². The second-order valence-corrected chi connectivity index (χ2v) is 9.56. The molecule has 8 heteroatoms. The first-order chi connectivity index (χ1) is 13.7. The maximum Gasteiger partial charge on any atom is 0.251 e. The highest BCUT2D eigenvalue weighted by molar-refractivity contribution is 7.89. The van der Waals surface area contributed by atoms with Gasteiger partial charge >= 0.3 is 0 Å². The normalized spacial score (nSPS) is 14.7. The number of nitrogens with one attached hydrogen (secondary N) is 1.